The summed E-state index contributed by atoms with van der Waals surface area (Å²) < 4.78 is 5.91. The highest BCUT2D eigenvalue weighted by Crippen LogP contribution is 2.55. The average molecular weight is 239 g/mol. The van der Waals surface area contributed by atoms with E-state index in [2.05, 4.69) is 60.4 Å². The minimum Gasteiger partial charge on any atom is -0.385 e. The van der Waals surface area contributed by atoms with Crippen molar-refractivity contribution in [1.29, 1.82) is 0 Å². The van der Waals surface area contributed by atoms with Gasteiger partial charge in [0.15, 0.2) is 0 Å². The second kappa shape index (κ2) is 4.64. The molecule has 0 aromatic carbocycles. The summed E-state index contributed by atoms with van der Waals surface area (Å²) in [6.07, 6.45) is 0.317. The summed E-state index contributed by atoms with van der Waals surface area (Å²) in [7, 11) is 0. The van der Waals surface area contributed by atoms with Crippen LogP contribution in [-0.2, 0) is 4.74 Å². The molecule has 0 amide bonds. The first-order valence-corrected chi connectivity index (χ1v) is 6.72. The van der Waals surface area contributed by atoms with Crippen molar-refractivity contribution in [3.05, 3.63) is 12.3 Å². The number of allylic oxidation sites excluding steroid dienone is 1. The average Bonchev–Trinajstić information content (AvgIpc) is 2.20. The molecule has 1 aliphatic carbocycles. The lowest BCUT2D eigenvalue weighted by Crippen LogP contribution is -2.72. The maximum absolute atomic E-state index is 5.91. The van der Waals surface area contributed by atoms with Crippen LogP contribution < -0.4 is 5.32 Å². The van der Waals surface area contributed by atoms with Crippen molar-refractivity contribution in [3.63, 3.8) is 0 Å². The van der Waals surface area contributed by atoms with Gasteiger partial charge in [-0.1, -0.05) is 48.1 Å². The van der Waals surface area contributed by atoms with E-state index in [4.69, 9.17) is 4.74 Å². The summed E-state index contributed by atoms with van der Waals surface area (Å²) in [5.41, 5.74) is 1.46. The molecule has 0 aliphatic heterocycles. The highest BCUT2D eigenvalue weighted by atomic mass is 16.5. The van der Waals surface area contributed by atoms with Crippen LogP contribution in [0.3, 0.4) is 0 Å². The fourth-order valence-corrected chi connectivity index (χ4v) is 3.44. The Bertz CT molecular complexity index is 275. The lowest BCUT2D eigenvalue weighted by Gasteiger charge is -2.64. The SMILES string of the molecule is C=C(NC1C(C)(C)C(OCC)C1(C)C)C(C)C. The smallest absolute Gasteiger partial charge is 0.0716 e. The van der Waals surface area contributed by atoms with Crippen molar-refractivity contribution in [2.24, 2.45) is 16.7 Å². The number of rotatable bonds is 5. The van der Waals surface area contributed by atoms with Gasteiger partial charge >= 0.3 is 0 Å². The molecule has 0 heterocycles. The Hall–Kier alpha value is -0.500. The minimum absolute atomic E-state index is 0.164. The summed E-state index contributed by atoms with van der Waals surface area (Å²) in [5, 5.41) is 3.61. The van der Waals surface area contributed by atoms with E-state index in [0.717, 1.165) is 12.3 Å². The van der Waals surface area contributed by atoms with E-state index in [1.54, 1.807) is 0 Å². The van der Waals surface area contributed by atoms with Crippen molar-refractivity contribution in [2.45, 2.75) is 60.6 Å². The Morgan fingerprint density at radius 1 is 1.24 bits per heavy atom. The fourth-order valence-electron chi connectivity index (χ4n) is 3.44. The minimum atomic E-state index is 0.164. The monoisotopic (exact) mass is 239 g/mol. The number of nitrogens with one attached hydrogen (secondary N) is 1. The second-order valence-electron chi connectivity index (χ2n) is 6.74. The third kappa shape index (κ3) is 2.37. The van der Waals surface area contributed by atoms with Crippen molar-refractivity contribution < 1.29 is 4.74 Å². The van der Waals surface area contributed by atoms with Crippen molar-refractivity contribution in [3.8, 4) is 0 Å². The van der Waals surface area contributed by atoms with E-state index in [0.29, 0.717) is 18.1 Å². The van der Waals surface area contributed by atoms with E-state index in [1.165, 1.54) is 0 Å². The maximum atomic E-state index is 5.91. The summed E-state index contributed by atoms with van der Waals surface area (Å²) in [6.45, 7) is 20.5. The second-order valence-corrected chi connectivity index (χ2v) is 6.74. The van der Waals surface area contributed by atoms with Crippen LogP contribution >= 0.6 is 0 Å². The first-order chi connectivity index (χ1) is 7.65. The Kier molecular flexibility index (Phi) is 3.97. The van der Waals surface area contributed by atoms with Gasteiger partial charge in [-0.2, -0.15) is 0 Å². The van der Waals surface area contributed by atoms with E-state index >= 15 is 0 Å². The fraction of sp³-hybridized carbons (Fsp3) is 0.867. The van der Waals surface area contributed by atoms with Gasteiger partial charge in [0.25, 0.3) is 0 Å². The predicted octanol–water partition coefficient (Wildman–Crippen LogP) is 3.59. The quantitative estimate of drug-likeness (QED) is 0.791. The van der Waals surface area contributed by atoms with Gasteiger partial charge in [0, 0.05) is 29.2 Å². The molecular formula is C15H29NO. The molecule has 1 fully saturated rings. The topological polar surface area (TPSA) is 21.3 Å². The molecule has 2 nitrogen and oxygen atoms in total. The summed E-state index contributed by atoms with van der Waals surface area (Å²) in [4.78, 5) is 0. The van der Waals surface area contributed by atoms with Crippen LogP contribution in [0.4, 0.5) is 0 Å². The molecular weight excluding hydrogens is 210 g/mol. The van der Waals surface area contributed by atoms with Crippen LogP contribution in [0.5, 0.6) is 0 Å². The van der Waals surface area contributed by atoms with E-state index in [-0.39, 0.29) is 10.8 Å². The van der Waals surface area contributed by atoms with Crippen molar-refractivity contribution >= 4 is 0 Å². The molecule has 0 spiro atoms. The highest BCUT2D eigenvalue weighted by molar-refractivity contribution is 5.18. The third-order valence-electron chi connectivity index (χ3n) is 4.20. The van der Waals surface area contributed by atoms with Crippen LogP contribution in [0, 0.1) is 16.7 Å². The number of ether oxygens (including phenoxy) is 1. The Labute approximate surface area is 107 Å². The number of hydrogen-bond acceptors (Lipinski definition) is 2. The van der Waals surface area contributed by atoms with Gasteiger partial charge in [-0.15, -0.1) is 0 Å². The molecule has 1 saturated carbocycles. The van der Waals surface area contributed by atoms with Crippen LogP contribution in [-0.4, -0.2) is 18.8 Å². The molecule has 1 rings (SSSR count). The molecule has 0 atom stereocenters. The predicted molar refractivity (Wildman–Crippen MR) is 73.9 cm³/mol. The van der Waals surface area contributed by atoms with E-state index in [1.807, 2.05) is 0 Å². The molecule has 0 saturated heterocycles. The molecule has 1 N–H and O–H groups in total. The van der Waals surface area contributed by atoms with Gasteiger partial charge < -0.3 is 10.1 Å². The third-order valence-corrected chi connectivity index (χ3v) is 4.20. The maximum Gasteiger partial charge on any atom is 0.0716 e. The standard InChI is InChI=1S/C15H29NO/c1-9-17-13-14(5,6)12(15(13,7)8)16-11(4)10(2)3/h10,12-13,16H,4,9H2,1-3,5-8H3. The molecule has 100 valence electrons. The molecule has 0 radical (unpaired) electrons. The molecule has 0 unspecified atom stereocenters. The first-order valence-electron chi connectivity index (χ1n) is 6.72. The molecule has 0 aromatic heterocycles. The van der Waals surface area contributed by atoms with Crippen LogP contribution in [0.1, 0.15) is 48.5 Å². The first kappa shape index (κ1) is 14.6. The summed E-state index contributed by atoms with van der Waals surface area (Å²) >= 11 is 0. The van der Waals surface area contributed by atoms with Gasteiger partial charge in [-0.3, -0.25) is 0 Å². The Balaban J connectivity index is 2.78. The zero-order valence-electron chi connectivity index (χ0n) is 12.6. The Morgan fingerprint density at radius 2 is 1.71 bits per heavy atom. The van der Waals surface area contributed by atoms with Crippen molar-refractivity contribution in [1.82, 2.24) is 5.32 Å². The summed E-state index contributed by atoms with van der Waals surface area (Å²) in [5.74, 6) is 0.479. The largest absolute Gasteiger partial charge is 0.385 e. The van der Waals surface area contributed by atoms with Crippen LogP contribution in [0.25, 0.3) is 0 Å². The zero-order chi connectivity index (χ0) is 13.4. The Morgan fingerprint density at radius 3 is 2.06 bits per heavy atom. The molecule has 0 bridgehead atoms. The lowest BCUT2D eigenvalue weighted by atomic mass is 9.49. The zero-order valence-corrected chi connectivity index (χ0v) is 12.6. The molecule has 0 aromatic rings. The molecule has 17 heavy (non-hydrogen) atoms. The molecule has 2 heteroatoms. The molecule has 1 aliphatic rings. The van der Waals surface area contributed by atoms with E-state index < -0.39 is 0 Å². The van der Waals surface area contributed by atoms with Crippen LogP contribution in [0.2, 0.25) is 0 Å². The van der Waals surface area contributed by atoms with Crippen molar-refractivity contribution in [2.75, 3.05) is 6.61 Å². The van der Waals surface area contributed by atoms with Crippen LogP contribution in [0.15, 0.2) is 12.3 Å². The summed E-state index contributed by atoms with van der Waals surface area (Å²) in [6, 6.07) is 0.432. The highest BCUT2D eigenvalue weighted by Gasteiger charge is 2.62. The number of hydrogen-bond donors (Lipinski definition) is 1. The van der Waals surface area contributed by atoms with Gasteiger partial charge in [-0.25, -0.2) is 0 Å². The van der Waals surface area contributed by atoms with Gasteiger partial charge in [0.1, 0.15) is 0 Å². The normalized spacial score (nSPS) is 29.9. The lowest BCUT2D eigenvalue weighted by molar-refractivity contribution is -0.207. The van der Waals surface area contributed by atoms with Gasteiger partial charge in [-0.05, 0) is 12.8 Å². The van der Waals surface area contributed by atoms with Gasteiger partial charge in [0.2, 0.25) is 0 Å². The van der Waals surface area contributed by atoms with Gasteiger partial charge in [0.05, 0.1) is 6.10 Å². The van der Waals surface area contributed by atoms with E-state index in [9.17, 15) is 0 Å².